The Hall–Kier alpha value is -2.16. The Bertz CT molecular complexity index is 693. The summed E-state index contributed by atoms with van der Waals surface area (Å²) in [6.45, 7) is 4.59. The summed E-state index contributed by atoms with van der Waals surface area (Å²) in [5, 5.41) is 3.81. The fourth-order valence-electron chi connectivity index (χ4n) is 1.86. The number of hydrogen-bond donors (Lipinski definition) is 2. The molecule has 0 aliphatic carbocycles. The summed E-state index contributed by atoms with van der Waals surface area (Å²) >= 11 is 1.42. The number of carbonyl (C=O) groups excluding carboxylic acids is 1. The van der Waals surface area contributed by atoms with Crippen molar-refractivity contribution in [2.75, 3.05) is 6.54 Å². The van der Waals surface area contributed by atoms with E-state index in [1.54, 1.807) is 0 Å². The molecule has 0 spiro atoms. The van der Waals surface area contributed by atoms with Crippen LogP contribution in [-0.4, -0.2) is 17.4 Å². The second kappa shape index (κ2) is 7.02. The average Bonchev–Trinajstić information content (AvgIpc) is 2.82. The van der Waals surface area contributed by atoms with E-state index in [1.165, 1.54) is 11.3 Å². The van der Waals surface area contributed by atoms with Gasteiger partial charge in [0.15, 0.2) is 0 Å². The van der Waals surface area contributed by atoms with E-state index in [-0.39, 0.29) is 5.91 Å². The van der Waals surface area contributed by atoms with Crippen LogP contribution in [0.25, 0.3) is 0 Å². The number of thiazole rings is 1. The molecule has 0 atom stereocenters. The molecule has 4 nitrogen and oxygen atoms in total. The Morgan fingerprint density at radius 2 is 2.05 bits per heavy atom. The summed E-state index contributed by atoms with van der Waals surface area (Å²) in [4.78, 5) is 17.0. The first-order chi connectivity index (χ1) is 10.1. The lowest BCUT2D eigenvalue weighted by molar-refractivity contribution is 0.0954. The standard InChI is InChI=1S/C16H17N3OS/c1-11-15(21-12(2)19-11)16(20)18-10-14-7-5-13(6-8-14)4-3-9-17/h5-8H,9-10,17H2,1-2H3,(H,18,20). The molecule has 5 heteroatoms. The smallest absolute Gasteiger partial charge is 0.263 e. The van der Waals surface area contributed by atoms with Crippen molar-refractivity contribution in [3.63, 3.8) is 0 Å². The van der Waals surface area contributed by atoms with Crippen LogP contribution in [0.4, 0.5) is 0 Å². The van der Waals surface area contributed by atoms with Crippen molar-refractivity contribution < 1.29 is 4.79 Å². The predicted octanol–water partition coefficient (Wildman–Crippen LogP) is 2.00. The number of amides is 1. The molecule has 0 fully saturated rings. The fourth-order valence-corrected chi connectivity index (χ4v) is 2.70. The first-order valence-electron chi connectivity index (χ1n) is 6.60. The summed E-state index contributed by atoms with van der Waals surface area (Å²) in [5.41, 5.74) is 8.06. The third-order valence-electron chi connectivity index (χ3n) is 2.85. The first kappa shape index (κ1) is 15.2. The van der Waals surface area contributed by atoms with Crippen molar-refractivity contribution in [1.29, 1.82) is 0 Å². The number of aryl methyl sites for hydroxylation is 2. The molecule has 1 aromatic heterocycles. The van der Waals surface area contributed by atoms with E-state index >= 15 is 0 Å². The van der Waals surface area contributed by atoms with Crippen LogP contribution in [0.15, 0.2) is 24.3 Å². The zero-order valence-electron chi connectivity index (χ0n) is 12.1. The molecule has 21 heavy (non-hydrogen) atoms. The molecule has 1 amide bonds. The summed E-state index contributed by atoms with van der Waals surface area (Å²) in [7, 11) is 0. The third-order valence-corrected chi connectivity index (χ3v) is 3.92. The molecule has 0 unspecified atom stereocenters. The van der Waals surface area contributed by atoms with Crippen LogP contribution in [0, 0.1) is 25.7 Å². The van der Waals surface area contributed by atoms with Gasteiger partial charge in [-0.05, 0) is 31.5 Å². The largest absolute Gasteiger partial charge is 0.347 e. The molecular weight excluding hydrogens is 282 g/mol. The maximum Gasteiger partial charge on any atom is 0.263 e. The van der Waals surface area contributed by atoms with E-state index in [9.17, 15) is 4.79 Å². The fraction of sp³-hybridized carbons (Fsp3) is 0.250. The predicted molar refractivity (Wildman–Crippen MR) is 85.1 cm³/mol. The minimum atomic E-state index is -0.0786. The van der Waals surface area contributed by atoms with E-state index < -0.39 is 0 Å². The molecule has 2 aromatic rings. The molecule has 0 aliphatic rings. The molecule has 1 aromatic carbocycles. The maximum absolute atomic E-state index is 12.1. The minimum absolute atomic E-state index is 0.0786. The van der Waals surface area contributed by atoms with Crippen LogP contribution in [0.2, 0.25) is 0 Å². The number of rotatable bonds is 3. The molecule has 0 aliphatic heterocycles. The molecule has 0 saturated carbocycles. The van der Waals surface area contributed by atoms with Gasteiger partial charge >= 0.3 is 0 Å². The number of nitrogens with one attached hydrogen (secondary N) is 1. The van der Waals surface area contributed by atoms with Gasteiger partial charge in [-0.2, -0.15) is 0 Å². The Labute approximate surface area is 128 Å². The van der Waals surface area contributed by atoms with Crippen LogP contribution in [-0.2, 0) is 6.54 Å². The van der Waals surface area contributed by atoms with E-state index in [2.05, 4.69) is 22.1 Å². The highest BCUT2D eigenvalue weighted by Crippen LogP contribution is 2.16. The molecule has 2 rings (SSSR count). The van der Waals surface area contributed by atoms with Crippen LogP contribution in [0.1, 0.15) is 31.5 Å². The summed E-state index contributed by atoms with van der Waals surface area (Å²) in [6, 6.07) is 7.75. The number of aromatic nitrogens is 1. The van der Waals surface area contributed by atoms with Crippen LogP contribution < -0.4 is 11.1 Å². The summed E-state index contributed by atoms with van der Waals surface area (Å²) in [5.74, 6) is 5.69. The Morgan fingerprint density at radius 3 is 2.62 bits per heavy atom. The van der Waals surface area contributed by atoms with Gasteiger partial charge in [-0.15, -0.1) is 11.3 Å². The normalized spacial score (nSPS) is 9.86. The van der Waals surface area contributed by atoms with Gasteiger partial charge in [-0.1, -0.05) is 24.0 Å². The van der Waals surface area contributed by atoms with E-state index in [1.807, 2.05) is 38.1 Å². The van der Waals surface area contributed by atoms with Gasteiger partial charge in [-0.25, -0.2) is 4.98 Å². The summed E-state index contributed by atoms with van der Waals surface area (Å²) in [6.07, 6.45) is 0. The lowest BCUT2D eigenvalue weighted by atomic mass is 10.1. The number of hydrogen-bond acceptors (Lipinski definition) is 4. The van der Waals surface area contributed by atoms with Gasteiger partial charge in [0, 0.05) is 12.1 Å². The second-order valence-electron chi connectivity index (χ2n) is 4.53. The lowest BCUT2D eigenvalue weighted by Crippen LogP contribution is -2.22. The third kappa shape index (κ3) is 4.15. The number of nitrogens with zero attached hydrogens (tertiary/aromatic N) is 1. The van der Waals surface area contributed by atoms with Crippen LogP contribution in [0.3, 0.4) is 0 Å². The average molecular weight is 299 g/mol. The second-order valence-corrected chi connectivity index (χ2v) is 5.74. The van der Waals surface area contributed by atoms with E-state index in [0.717, 1.165) is 21.8 Å². The van der Waals surface area contributed by atoms with Crippen molar-refractivity contribution in [3.8, 4) is 11.8 Å². The maximum atomic E-state index is 12.1. The SMILES string of the molecule is Cc1nc(C)c(C(=O)NCc2ccc(C#CCN)cc2)s1. The molecular formula is C16H17N3OS. The van der Waals surface area contributed by atoms with Gasteiger partial charge in [0.25, 0.3) is 5.91 Å². The molecule has 0 radical (unpaired) electrons. The van der Waals surface area contributed by atoms with Crippen molar-refractivity contribution in [2.24, 2.45) is 5.73 Å². The van der Waals surface area contributed by atoms with Gasteiger partial charge in [-0.3, -0.25) is 4.79 Å². The lowest BCUT2D eigenvalue weighted by Gasteiger charge is -2.04. The van der Waals surface area contributed by atoms with Crippen LogP contribution in [0.5, 0.6) is 0 Å². The molecule has 0 saturated heterocycles. The van der Waals surface area contributed by atoms with Crippen molar-refractivity contribution >= 4 is 17.2 Å². The monoisotopic (exact) mass is 299 g/mol. The number of carbonyl (C=O) groups is 1. The zero-order valence-corrected chi connectivity index (χ0v) is 12.9. The zero-order chi connectivity index (χ0) is 15.2. The molecule has 1 heterocycles. The first-order valence-corrected chi connectivity index (χ1v) is 7.42. The van der Waals surface area contributed by atoms with Crippen molar-refractivity contribution in [3.05, 3.63) is 51.0 Å². The highest BCUT2D eigenvalue weighted by atomic mass is 32.1. The Morgan fingerprint density at radius 1 is 1.33 bits per heavy atom. The van der Waals surface area contributed by atoms with Gasteiger partial charge < -0.3 is 11.1 Å². The molecule has 0 bridgehead atoms. The van der Waals surface area contributed by atoms with Crippen molar-refractivity contribution in [1.82, 2.24) is 10.3 Å². The Kier molecular flexibility index (Phi) is 5.09. The van der Waals surface area contributed by atoms with Gasteiger partial charge in [0.2, 0.25) is 0 Å². The number of benzene rings is 1. The van der Waals surface area contributed by atoms with E-state index in [4.69, 9.17) is 5.73 Å². The molecule has 108 valence electrons. The van der Waals surface area contributed by atoms with E-state index in [0.29, 0.717) is 18.0 Å². The van der Waals surface area contributed by atoms with Gasteiger partial charge in [0.05, 0.1) is 17.2 Å². The highest BCUT2D eigenvalue weighted by Gasteiger charge is 2.13. The Balaban J connectivity index is 1.96. The quantitative estimate of drug-likeness (QED) is 0.852. The van der Waals surface area contributed by atoms with Crippen molar-refractivity contribution in [2.45, 2.75) is 20.4 Å². The summed E-state index contributed by atoms with van der Waals surface area (Å²) < 4.78 is 0. The highest BCUT2D eigenvalue weighted by molar-refractivity contribution is 7.13. The number of nitrogens with two attached hydrogens (primary N) is 1. The van der Waals surface area contributed by atoms with Gasteiger partial charge in [0.1, 0.15) is 4.88 Å². The minimum Gasteiger partial charge on any atom is -0.347 e. The topological polar surface area (TPSA) is 68.0 Å². The van der Waals surface area contributed by atoms with Crippen LogP contribution >= 0.6 is 11.3 Å². The molecule has 3 N–H and O–H groups in total.